The van der Waals surface area contributed by atoms with Gasteiger partial charge in [-0.05, 0) is 96.3 Å². The molecule has 0 spiro atoms. The van der Waals surface area contributed by atoms with Crippen molar-refractivity contribution in [3.8, 4) is 0 Å². The van der Waals surface area contributed by atoms with E-state index in [-0.39, 0.29) is 12.5 Å². The smallest absolute Gasteiger partial charge is 0.220 e. The van der Waals surface area contributed by atoms with Crippen molar-refractivity contribution < 1.29 is 39.8 Å². The summed E-state index contributed by atoms with van der Waals surface area (Å²) < 4.78 is 11.3. The fourth-order valence-corrected chi connectivity index (χ4v) is 10.7. The highest BCUT2D eigenvalue weighted by Crippen LogP contribution is 2.23. The second kappa shape index (κ2) is 64.6. The minimum absolute atomic E-state index is 0.190. The molecule has 0 bridgehead atoms. The lowest BCUT2D eigenvalue weighted by Crippen LogP contribution is -2.60. The third kappa shape index (κ3) is 52.5. The van der Waals surface area contributed by atoms with Gasteiger partial charge in [0.25, 0.3) is 0 Å². The van der Waals surface area contributed by atoms with Gasteiger partial charge in [0.2, 0.25) is 5.91 Å². The van der Waals surface area contributed by atoms with Crippen LogP contribution in [0.4, 0.5) is 0 Å². The molecule has 0 saturated carbocycles. The summed E-state index contributed by atoms with van der Waals surface area (Å²) in [6, 6.07) is -0.832. The Morgan fingerprint density at radius 3 is 1.12 bits per heavy atom. The van der Waals surface area contributed by atoms with Crippen LogP contribution in [0.15, 0.2) is 122 Å². The number of hydrogen-bond acceptors (Lipinski definition) is 8. The first-order valence-corrected chi connectivity index (χ1v) is 35.8. The van der Waals surface area contributed by atoms with E-state index in [9.17, 15) is 30.3 Å². The van der Waals surface area contributed by atoms with Gasteiger partial charge in [0.1, 0.15) is 24.4 Å². The lowest BCUT2D eigenvalue weighted by atomic mass is 9.99. The zero-order chi connectivity index (χ0) is 62.1. The molecule has 0 aromatic heterocycles. The molecule has 494 valence electrons. The maximum absolute atomic E-state index is 13.1. The predicted molar refractivity (Wildman–Crippen MR) is 368 cm³/mol. The molecular weight excluding hydrogens is 1070 g/mol. The molecule has 1 rings (SSSR count). The zero-order valence-electron chi connectivity index (χ0n) is 55.3. The van der Waals surface area contributed by atoms with Crippen LogP contribution >= 0.6 is 0 Å². The van der Waals surface area contributed by atoms with Gasteiger partial charge in [0.05, 0.1) is 25.4 Å². The number of allylic oxidation sites excluding steroid dienone is 19. The van der Waals surface area contributed by atoms with Crippen molar-refractivity contribution in [3.63, 3.8) is 0 Å². The summed E-state index contributed by atoms with van der Waals surface area (Å²) in [6.45, 7) is 3.67. The molecule has 0 radical (unpaired) electrons. The molecule has 0 aromatic carbocycles. The van der Waals surface area contributed by atoms with Crippen LogP contribution in [-0.4, -0.2) is 87.5 Å². The normalized spacial score (nSPS) is 18.8. The second-order valence-electron chi connectivity index (χ2n) is 24.3. The number of ether oxygens (including phenoxy) is 2. The van der Waals surface area contributed by atoms with Gasteiger partial charge in [0, 0.05) is 6.42 Å². The lowest BCUT2D eigenvalue weighted by molar-refractivity contribution is -0.302. The molecule has 9 heteroatoms. The lowest BCUT2D eigenvalue weighted by Gasteiger charge is -2.40. The Kier molecular flexibility index (Phi) is 60.5. The first-order chi connectivity index (χ1) is 42.3. The largest absolute Gasteiger partial charge is 0.394 e. The highest BCUT2D eigenvalue weighted by molar-refractivity contribution is 5.76. The first-order valence-electron chi connectivity index (χ1n) is 35.8. The Morgan fingerprint density at radius 2 is 0.733 bits per heavy atom. The van der Waals surface area contributed by atoms with Crippen LogP contribution in [0, 0.1) is 0 Å². The van der Waals surface area contributed by atoms with E-state index in [0.717, 1.165) is 89.9 Å². The molecule has 1 fully saturated rings. The maximum atomic E-state index is 13.1. The van der Waals surface area contributed by atoms with Crippen molar-refractivity contribution in [1.82, 2.24) is 5.32 Å². The molecule has 86 heavy (non-hydrogen) atoms. The van der Waals surface area contributed by atoms with E-state index >= 15 is 0 Å². The minimum atomic E-state index is -1.58. The molecule has 7 unspecified atom stereocenters. The Morgan fingerprint density at radius 1 is 0.407 bits per heavy atom. The molecule has 1 heterocycles. The Balaban J connectivity index is 2.16. The van der Waals surface area contributed by atoms with Gasteiger partial charge in [0.15, 0.2) is 6.29 Å². The quantitative estimate of drug-likeness (QED) is 0.0261. The summed E-state index contributed by atoms with van der Waals surface area (Å²) in [6.07, 6.45) is 90.1. The monoisotopic (exact) mass is 1200 g/mol. The van der Waals surface area contributed by atoms with Crippen LogP contribution in [-0.2, 0) is 14.3 Å². The van der Waals surface area contributed by atoms with E-state index in [1.165, 1.54) is 193 Å². The molecule has 1 saturated heterocycles. The number of unbranched alkanes of at least 4 members (excludes halogenated alkanes) is 33. The number of carbonyl (C=O) groups is 1. The van der Waals surface area contributed by atoms with Gasteiger partial charge < -0.3 is 40.3 Å². The van der Waals surface area contributed by atoms with Crippen molar-refractivity contribution in [3.05, 3.63) is 122 Å². The van der Waals surface area contributed by atoms with Gasteiger partial charge in [-0.2, -0.15) is 0 Å². The number of nitrogens with one attached hydrogen (secondary N) is 1. The average molecular weight is 1200 g/mol. The van der Waals surface area contributed by atoms with Gasteiger partial charge in [-0.15, -0.1) is 0 Å². The molecular formula is C77H133NO8. The van der Waals surface area contributed by atoms with E-state index in [1.54, 1.807) is 6.08 Å². The summed E-state index contributed by atoms with van der Waals surface area (Å²) in [4.78, 5) is 13.1. The fourth-order valence-electron chi connectivity index (χ4n) is 10.7. The summed E-state index contributed by atoms with van der Waals surface area (Å²) in [5.41, 5.74) is 0. The number of rotatable bonds is 61. The van der Waals surface area contributed by atoms with Crippen LogP contribution < -0.4 is 5.32 Å². The SMILES string of the molecule is CC/C=C\C/C=C\C/C=C\C/C=C\C/C=C\C/C=C\C/C=C\C/C=C\CCCCCCCCCCCCCCC(=O)NC(COC1OC(CO)C(O)C(O)C1O)C(O)/C=C/CC/C=C/CCCCCCCCCCCCCCCCCCCCCC. The van der Waals surface area contributed by atoms with Gasteiger partial charge >= 0.3 is 0 Å². The highest BCUT2D eigenvalue weighted by Gasteiger charge is 2.44. The zero-order valence-corrected chi connectivity index (χ0v) is 55.3. The van der Waals surface area contributed by atoms with Crippen molar-refractivity contribution >= 4 is 5.91 Å². The Bertz CT molecular complexity index is 1780. The molecule has 1 amide bonds. The minimum Gasteiger partial charge on any atom is -0.394 e. The van der Waals surface area contributed by atoms with Crippen LogP contribution in [0.1, 0.15) is 303 Å². The van der Waals surface area contributed by atoms with Crippen molar-refractivity contribution in [2.24, 2.45) is 0 Å². The van der Waals surface area contributed by atoms with Crippen molar-refractivity contribution in [1.29, 1.82) is 0 Å². The standard InChI is InChI=1S/C77H133NO8/c1-3-5-7-9-11-13-15-17-19-21-23-25-27-29-31-32-33-34-35-36-37-38-39-40-41-43-45-47-49-51-53-55-57-59-61-63-65-67-73(81)78-70(69-85-77-76(84)75(83)74(82)72(68-79)86-77)71(80)66-64-62-60-58-56-54-52-50-48-46-44-42-30-28-26-24-22-20-18-16-14-12-10-8-6-4-2/h5,7,11,13,17,19,23,25,29,31,33-34,36-37,39-40,56,58,64,66,70-72,74-77,79-80,82-84H,3-4,6,8-10,12,14-16,18,20-22,24,26-28,30,32,35,38,41-55,57,59-63,65,67-69H2,1-2H3,(H,78,81)/b7-5-,13-11-,19-17-,25-23-,31-29-,34-33-,37-36-,40-39-,58-56+,66-64+. The Hall–Kier alpha value is -3.41. The molecule has 1 aliphatic rings. The molecule has 6 N–H and O–H groups in total. The van der Waals surface area contributed by atoms with Gasteiger partial charge in [-0.3, -0.25) is 4.79 Å². The summed E-state index contributed by atoms with van der Waals surface area (Å²) in [5, 5.41) is 54.8. The molecule has 1 aliphatic heterocycles. The number of aliphatic hydroxyl groups is 5. The fraction of sp³-hybridized carbons (Fsp3) is 0.727. The van der Waals surface area contributed by atoms with E-state index in [1.807, 2.05) is 6.08 Å². The van der Waals surface area contributed by atoms with Crippen molar-refractivity contribution in [2.75, 3.05) is 13.2 Å². The highest BCUT2D eigenvalue weighted by atomic mass is 16.7. The van der Waals surface area contributed by atoms with Crippen LogP contribution in [0.25, 0.3) is 0 Å². The van der Waals surface area contributed by atoms with Crippen molar-refractivity contribution in [2.45, 2.75) is 346 Å². The molecule has 0 aromatic rings. The number of aliphatic hydroxyl groups excluding tert-OH is 5. The van der Waals surface area contributed by atoms with Crippen LogP contribution in [0.5, 0.6) is 0 Å². The summed E-state index contributed by atoms with van der Waals surface area (Å²) >= 11 is 0. The summed E-state index contributed by atoms with van der Waals surface area (Å²) in [7, 11) is 0. The predicted octanol–water partition coefficient (Wildman–Crippen LogP) is 19.8. The van der Waals surface area contributed by atoms with Crippen LogP contribution in [0.3, 0.4) is 0 Å². The molecule has 0 aliphatic carbocycles. The molecule has 9 nitrogen and oxygen atoms in total. The van der Waals surface area contributed by atoms with Gasteiger partial charge in [-0.1, -0.05) is 322 Å². The van der Waals surface area contributed by atoms with Crippen LogP contribution in [0.2, 0.25) is 0 Å². The average Bonchev–Trinajstić information content (AvgIpc) is 2.44. The number of amides is 1. The van der Waals surface area contributed by atoms with E-state index < -0.39 is 49.5 Å². The topological polar surface area (TPSA) is 149 Å². The third-order valence-corrected chi connectivity index (χ3v) is 16.3. The van der Waals surface area contributed by atoms with Gasteiger partial charge in [-0.25, -0.2) is 0 Å². The van der Waals surface area contributed by atoms with E-state index in [2.05, 4.69) is 129 Å². The first kappa shape index (κ1) is 80.6. The van der Waals surface area contributed by atoms with E-state index in [0.29, 0.717) is 6.42 Å². The third-order valence-electron chi connectivity index (χ3n) is 16.3. The second-order valence-corrected chi connectivity index (χ2v) is 24.3. The number of hydrogen-bond donors (Lipinski definition) is 6. The molecule has 7 atom stereocenters. The summed E-state index contributed by atoms with van der Waals surface area (Å²) in [5.74, 6) is -0.190. The number of carbonyl (C=O) groups excluding carboxylic acids is 1. The van der Waals surface area contributed by atoms with E-state index in [4.69, 9.17) is 9.47 Å². The Labute approximate surface area is 528 Å². The maximum Gasteiger partial charge on any atom is 0.220 e.